The molecule has 0 N–H and O–H groups in total. The Bertz CT molecular complexity index is 3900. The minimum atomic E-state index is 0.573. The van der Waals surface area contributed by atoms with Crippen molar-refractivity contribution in [3.8, 4) is 62.1 Å². The predicted molar refractivity (Wildman–Crippen MR) is 256 cm³/mol. The van der Waals surface area contributed by atoms with Gasteiger partial charge in [-0.05, 0) is 101 Å². The highest BCUT2D eigenvalue weighted by molar-refractivity contribution is 6.14. The lowest BCUT2D eigenvalue weighted by atomic mass is 9.99. The van der Waals surface area contributed by atoms with E-state index < -0.39 is 0 Å². The summed E-state index contributed by atoms with van der Waals surface area (Å²) in [5.41, 5.74) is 13.9. The lowest BCUT2D eigenvalue weighted by molar-refractivity contribution is 0.668. The Labute approximate surface area is 361 Å². The van der Waals surface area contributed by atoms with E-state index in [1.165, 1.54) is 27.4 Å². The highest BCUT2D eigenvalue weighted by Crippen LogP contribution is 2.41. The van der Waals surface area contributed by atoms with Crippen LogP contribution < -0.4 is 0 Å². The SMILES string of the molecule is c1ccc(-c2ccc3c(c2)c2cc(-c4ccc5c(c4)oc4cccc(-c6nc(-c7ccccc7)nc(-c7ccc8oc9ccccc9c8c7)n6)c45)ccc2n3-c2ccccc2)cc1. The number of hydrogen-bond acceptors (Lipinski definition) is 5. The molecule has 13 aromatic rings. The van der Waals surface area contributed by atoms with Gasteiger partial charge in [-0.15, -0.1) is 0 Å². The molecule has 4 aromatic heterocycles. The van der Waals surface area contributed by atoms with Gasteiger partial charge in [0.15, 0.2) is 17.5 Å². The van der Waals surface area contributed by atoms with Crippen molar-refractivity contribution in [1.29, 1.82) is 0 Å². The van der Waals surface area contributed by atoms with Crippen LogP contribution in [0, 0.1) is 0 Å². The Kier molecular flexibility index (Phi) is 7.80. The van der Waals surface area contributed by atoms with Crippen LogP contribution in [-0.2, 0) is 0 Å². The molecule has 0 bridgehead atoms. The summed E-state index contributed by atoms with van der Waals surface area (Å²) in [5, 5.41) is 6.42. The molecule has 63 heavy (non-hydrogen) atoms. The van der Waals surface area contributed by atoms with E-state index >= 15 is 0 Å². The third-order valence-corrected chi connectivity index (χ3v) is 12.3. The standard InChI is InChI=1S/C57H34N4O2/c1-4-13-35(14-5-1)37-24-28-48-45(31-37)46-32-38(25-29-49(46)61(48)41-17-8-3-9-18-41)39-23-27-43-53(34-39)63-52-22-12-20-44(54(43)52)57-59-55(36-15-6-2-7-16-36)58-56(60-57)40-26-30-51-47(33-40)42-19-10-11-21-50(42)62-51/h1-34H. The summed E-state index contributed by atoms with van der Waals surface area (Å²) >= 11 is 0. The maximum absolute atomic E-state index is 6.69. The average molecular weight is 807 g/mol. The molecule has 0 unspecified atom stereocenters. The largest absolute Gasteiger partial charge is 0.456 e. The zero-order chi connectivity index (χ0) is 41.4. The summed E-state index contributed by atoms with van der Waals surface area (Å²) in [7, 11) is 0. The molecule has 6 nitrogen and oxygen atoms in total. The Balaban J connectivity index is 0.956. The van der Waals surface area contributed by atoms with E-state index in [0.717, 1.165) is 82.9 Å². The van der Waals surface area contributed by atoms with Crippen LogP contribution in [0.25, 0.3) is 128 Å². The van der Waals surface area contributed by atoms with Crippen molar-refractivity contribution in [2.24, 2.45) is 0 Å². The summed E-state index contributed by atoms with van der Waals surface area (Å²) in [4.78, 5) is 15.3. The molecule has 0 spiro atoms. The van der Waals surface area contributed by atoms with Gasteiger partial charge in [-0.25, -0.2) is 15.0 Å². The molecule has 0 aliphatic carbocycles. The van der Waals surface area contributed by atoms with Gasteiger partial charge in [0.2, 0.25) is 0 Å². The number of rotatable bonds is 6. The first-order chi connectivity index (χ1) is 31.2. The van der Waals surface area contributed by atoms with E-state index in [-0.39, 0.29) is 0 Å². The molecule has 6 heteroatoms. The van der Waals surface area contributed by atoms with Crippen molar-refractivity contribution < 1.29 is 8.83 Å². The molecular weight excluding hydrogens is 773 g/mol. The summed E-state index contributed by atoms with van der Waals surface area (Å²) in [6.07, 6.45) is 0. The van der Waals surface area contributed by atoms with Gasteiger partial charge in [0.25, 0.3) is 0 Å². The Morgan fingerprint density at radius 2 is 0.841 bits per heavy atom. The number of para-hydroxylation sites is 2. The van der Waals surface area contributed by atoms with E-state index in [2.05, 4.69) is 138 Å². The van der Waals surface area contributed by atoms with Crippen molar-refractivity contribution in [3.63, 3.8) is 0 Å². The number of benzene rings is 9. The van der Waals surface area contributed by atoms with Gasteiger partial charge in [0.05, 0.1) is 11.0 Å². The van der Waals surface area contributed by atoms with Crippen LogP contribution in [0.1, 0.15) is 0 Å². The van der Waals surface area contributed by atoms with Crippen molar-refractivity contribution in [2.75, 3.05) is 0 Å². The van der Waals surface area contributed by atoms with Gasteiger partial charge in [-0.3, -0.25) is 0 Å². The normalized spacial score (nSPS) is 11.8. The molecule has 13 rings (SSSR count). The Morgan fingerprint density at radius 1 is 0.302 bits per heavy atom. The fourth-order valence-corrected chi connectivity index (χ4v) is 9.27. The van der Waals surface area contributed by atoms with E-state index in [4.69, 9.17) is 23.8 Å². The van der Waals surface area contributed by atoms with Crippen LogP contribution in [0.2, 0.25) is 0 Å². The van der Waals surface area contributed by atoms with E-state index in [9.17, 15) is 0 Å². The Hall–Kier alpha value is -8.61. The number of nitrogens with zero attached hydrogens (tertiary/aromatic N) is 4. The lowest BCUT2D eigenvalue weighted by Gasteiger charge is -2.09. The molecule has 0 fully saturated rings. The molecule has 0 amide bonds. The first kappa shape index (κ1) is 35.2. The highest BCUT2D eigenvalue weighted by Gasteiger charge is 2.20. The molecular formula is C57H34N4O2. The summed E-state index contributed by atoms with van der Waals surface area (Å²) in [5.74, 6) is 1.75. The molecule has 0 atom stereocenters. The van der Waals surface area contributed by atoms with E-state index in [1.54, 1.807) is 0 Å². The fourth-order valence-electron chi connectivity index (χ4n) is 9.27. The van der Waals surface area contributed by atoms with Gasteiger partial charge in [-0.1, -0.05) is 127 Å². The first-order valence-corrected chi connectivity index (χ1v) is 21.1. The van der Waals surface area contributed by atoms with Crippen LogP contribution in [0.15, 0.2) is 215 Å². The second-order valence-electron chi connectivity index (χ2n) is 16.0. The summed E-state index contributed by atoms with van der Waals surface area (Å²) in [6, 6.07) is 71.7. The maximum Gasteiger partial charge on any atom is 0.164 e. The molecule has 0 saturated carbocycles. The third-order valence-electron chi connectivity index (χ3n) is 12.3. The lowest BCUT2D eigenvalue weighted by Crippen LogP contribution is -2.00. The summed E-state index contributed by atoms with van der Waals surface area (Å²) in [6.45, 7) is 0. The smallest absolute Gasteiger partial charge is 0.164 e. The van der Waals surface area contributed by atoms with Gasteiger partial charge >= 0.3 is 0 Å². The molecule has 0 aliphatic rings. The first-order valence-electron chi connectivity index (χ1n) is 21.1. The topological polar surface area (TPSA) is 69.9 Å². The van der Waals surface area contributed by atoms with E-state index in [1.807, 2.05) is 72.8 Å². The van der Waals surface area contributed by atoms with Crippen LogP contribution in [0.3, 0.4) is 0 Å². The van der Waals surface area contributed by atoms with Gasteiger partial charge in [0, 0.05) is 54.7 Å². The molecule has 0 aliphatic heterocycles. The molecule has 9 aromatic carbocycles. The van der Waals surface area contributed by atoms with Crippen molar-refractivity contribution in [3.05, 3.63) is 206 Å². The molecule has 4 heterocycles. The number of aromatic nitrogens is 4. The van der Waals surface area contributed by atoms with Crippen molar-refractivity contribution in [2.45, 2.75) is 0 Å². The zero-order valence-corrected chi connectivity index (χ0v) is 33.7. The van der Waals surface area contributed by atoms with Crippen LogP contribution in [0.4, 0.5) is 0 Å². The maximum atomic E-state index is 6.69. The average Bonchev–Trinajstić information content (AvgIpc) is 4.03. The quantitative estimate of drug-likeness (QED) is 0.167. The Morgan fingerprint density at radius 3 is 1.60 bits per heavy atom. The third kappa shape index (κ3) is 5.76. The van der Waals surface area contributed by atoms with Gasteiger partial charge in [-0.2, -0.15) is 0 Å². The second kappa shape index (κ2) is 14.0. The fraction of sp³-hybridized carbons (Fsp3) is 0. The van der Waals surface area contributed by atoms with Crippen LogP contribution in [0.5, 0.6) is 0 Å². The second-order valence-corrected chi connectivity index (χ2v) is 16.0. The van der Waals surface area contributed by atoms with E-state index in [0.29, 0.717) is 17.5 Å². The van der Waals surface area contributed by atoms with Gasteiger partial charge in [0.1, 0.15) is 22.3 Å². The molecule has 294 valence electrons. The van der Waals surface area contributed by atoms with Crippen molar-refractivity contribution >= 4 is 65.7 Å². The predicted octanol–water partition coefficient (Wildman–Crippen LogP) is 15.1. The highest BCUT2D eigenvalue weighted by atomic mass is 16.3. The minimum absolute atomic E-state index is 0.573. The zero-order valence-electron chi connectivity index (χ0n) is 33.7. The molecule has 0 saturated heterocycles. The number of furan rings is 2. The van der Waals surface area contributed by atoms with Crippen molar-refractivity contribution in [1.82, 2.24) is 19.5 Å². The number of fused-ring (bicyclic) bond motifs is 9. The molecule has 0 radical (unpaired) electrons. The van der Waals surface area contributed by atoms with Crippen LogP contribution in [-0.4, -0.2) is 19.5 Å². The minimum Gasteiger partial charge on any atom is -0.456 e. The summed E-state index contributed by atoms with van der Waals surface area (Å²) < 4.78 is 15.2. The monoisotopic (exact) mass is 806 g/mol. The number of hydrogen-bond donors (Lipinski definition) is 0. The van der Waals surface area contributed by atoms with Crippen LogP contribution >= 0.6 is 0 Å². The van der Waals surface area contributed by atoms with Gasteiger partial charge < -0.3 is 13.4 Å².